The Bertz CT molecular complexity index is 867. The Morgan fingerprint density at radius 3 is 2.58 bits per heavy atom. The molecule has 124 valence electrons. The maximum Gasteiger partial charge on any atom is 0.156 e. The van der Waals surface area contributed by atoms with Crippen molar-refractivity contribution in [3.8, 4) is 17.0 Å². The lowest BCUT2D eigenvalue weighted by atomic mass is 10.0. The third kappa shape index (κ3) is 3.15. The molecule has 3 rings (SSSR count). The number of aromatic nitrogens is 2. The lowest BCUT2D eigenvalue weighted by Crippen LogP contribution is -2.23. The molecule has 0 aliphatic heterocycles. The summed E-state index contributed by atoms with van der Waals surface area (Å²) in [5, 5.41) is 41.7. The van der Waals surface area contributed by atoms with Gasteiger partial charge < -0.3 is 20.6 Å². The van der Waals surface area contributed by atoms with Gasteiger partial charge in [0.15, 0.2) is 5.82 Å². The standard InChI is InChI=1S/C18H19N3O3/c1-11-6-7-16(24)15(8-11)17-13-4-2-3-5-14(13)18(21-20-17)19-9-12(23)10-22/h2-8,12,22-24H,9-10H2,1H3,(H,19,21)/t12-/m1/s1. The normalized spacial score (nSPS) is 12.3. The van der Waals surface area contributed by atoms with Gasteiger partial charge in [0.1, 0.15) is 11.4 Å². The fraction of sp³-hybridized carbons (Fsp3) is 0.222. The topological polar surface area (TPSA) is 98.5 Å². The number of hydrogen-bond donors (Lipinski definition) is 4. The summed E-state index contributed by atoms with van der Waals surface area (Å²) >= 11 is 0. The second-order valence-corrected chi connectivity index (χ2v) is 5.68. The van der Waals surface area contributed by atoms with E-state index in [1.807, 2.05) is 43.3 Å². The number of aromatic hydroxyl groups is 1. The number of rotatable bonds is 5. The van der Waals surface area contributed by atoms with Crippen molar-refractivity contribution in [2.45, 2.75) is 13.0 Å². The molecule has 0 saturated carbocycles. The van der Waals surface area contributed by atoms with E-state index in [1.54, 1.807) is 6.07 Å². The van der Waals surface area contributed by atoms with Crippen molar-refractivity contribution in [2.24, 2.45) is 0 Å². The zero-order valence-electron chi connectivity index (χ0n) is 13.3. The molecule has 0 saturated heterocycles. The summed E-state index contributed by atoms with van der Waals surface area (Å²) in [6.45, 7) is 1.79. The molecular formula is C18H19N3O3. The largest absolute Gasteiger partial charge is 0.507 e. The quantitative estimate of drug-likeness (QED) is 0.573. The third-order valence-corrected chi connectivity index (χ3v) is 3.81. The summed E-state index contributed by atoms with van der Waals surface area (Å²) in [6.07, 6.45) is -0.869. The molecule has 0 amide bonds. The Kier molecular flexibility index (Phi) is 4.59. The van der Waals surface area contributed by atoms with Crippen LogP contribution in [0.25, 0.3) is 22.0 Å². The van der Waals surface area contributed by atoms with Crippen molar-refractivity contribution in [2.75, 3.05) is 18.5 Å². The average molecular weight is 325 g/mol. The van der Waals surface area contributed by atoms with Gasteiger partial charge in [-0.25, -0.2) is 0 Å². The predicted molar refractivity (Wildman–Crippen MR) is 93.0 cm³/mol. The monoisotopic (exact) mass is 325 g/mol. The summed E-state index contributed by atoms with van der Waals surface area (Å²) in [7, 11) is 0. The van der Waals surface area contributed by atoms with Crippen molar-refractivity contribution in [3.63, 3.8) is 0 Å². The van der Waals surface area contributed by atoms with Crippen molar-refractivity contribution in [3.05, 3.63) is 48.0 Å². The molecule has 0 radical (unpaired) electrons. The highest BCUT2D eigenvalue weighted by molar-refractivity contribution is 6.00. The first kappa shape index (κ1) is 16.2. The molecule has 6 heteroatoms. The number of anilines is 1. The van der Waals surface area contributed by atoms with Crippen LogP contribution >= 0.6 is 0 Å². The van der Waals surface area contributed by atoms with Gasteiger partial charge in [0, 0.05) is 22.9 Å². The smallest absolute Gasteiger partial charge is 0.156 e. The number of nitrogens with zero attached hydrogens (tertiary/aromatic N) is 2. The minimum atomic E-state index is -0.869. The molecule has 0 aliphatic carbocycles. The summed E-state index contributed by atoms with van der Waals surface area (Å²) in [5.41, 5.74) is 2.24. The van der Waals surface area contributed by atoms with Gasteiger partial charge in [0.25, 0.3) is 0 Å². The van der Waals surface area contributed by atoms with E-state index in [0.717, 1.165) is 16.3 Å². The van der Waals surface area contributed by atoms with Crippen LogP contribution in [0.5, 0.6) is 5.75 Å². The van der Waals surface area contributed by atoms with Crippen molar-refractivity contribution in [1.82, 2.24) is 10.2 Å². The molecule has 0 bridgehead atoms. The highest BCUT2D eigenvalue weighted by Crippen LogP contribution is 2.34. The third-order valence-electron chi connectivity index (χ3n) is 3.81. The van der Waals surface area contributed by atoms with E-state index in [1.165, 1.54) is 0 Å². The van der Waals surface area contributed by atoms with Crippen molar-refractivity contribution >= 4 is 16.6 Å². The summed E-state index contributed by atoms with van der Waals surface area (Å²) in [6, 6.07) is 12.9. The lowest BCUT2D eigenvalue weighted by molar-refractivity contribution is 0.105. The van der Waals surface area contributed by atoms with E-state index in [4.69, 9.17) is 5.11 Å². The van der Waals surface area contributed by atoms with E-state index in [2.05, 4.69) is 15.5 Å². The van der Waals surface area contributed by atoms with Gasteiger partial charge in [-0.15, -0.1) is 10.2 Å². The number of benzene rings is 2. The molecule has 1 heterocycles. The van der Waals surface area contributed by atoms with E-state index in [0.29, 0.717) is 17.1 Å². The van der Waals surface area contributed by atoms with E-state index < -0.39 is 6.10 Å². The number of hydrogen-bond acceptors (Lipinski definition) is 6. The molecule has 2 aromatic carbocycles. The number of phenols is 1. The molecular weight excluding hydrogens is 306 g/mol. The number of nitrogens with one attached hydrogen (secondary N) is 1. The minimum Gasteiger partial charge on any atom is -0.507 e. The Morgan fingerprint density at radius 1 is 1.08 bits per heavy atom. The van der Waals surface area contributed by atoms with Gasteiger partial charge in [-0.05, 0) is 19.1 Å². The fourth-order valence-corrected chi connectivity index (χ4v) is 2.55. The number of aliphatic hydroxyl groups is 2. The Balaban J connectivity index is 2.10. The van der Waals surface area contributed by atoms with Crippen LogP contribution in [0.2, 0.25) is 0 Å². The summed E-state index contributed by atoms with van der Waals surface area (Å²) in [4.78, 5) is 0. The zero-order valence-corrected chi connectivity index (χ0v) is 13.3. The molecule has 1 aromatic heterocycles. The van der Waals surface area contributed by atoms with E-state index >= 15 is 0 Å². The average Bonchev–Trinajstić information content (AvgIpc) is 2.61. The molecule has 0 aliphatic rings. The molecule has 24 heavy (non-hydrogen) atoms. The van der Waals surface area contributed by atoms with Crippen LogP contribution in [0, 0.1) is 6.92 Å². The van der Waals surface area contributed by atoms with Crippen LogP contribution in [-0.2, 0) is 0 Å². The highest BCUT2D eigenvalue weighted by atomic mass is 16.3. The van der Waals surface area contributed by atoms with E-state index in [9.17, 15) is 10.2 Å². The molecule has 0 fully saturated rings. The van der Waals surface area contributed by atoms with Gasteiger partial charge >= 0.3 is 0 Å². The van der Waals surface area contributed by atoms with Gasteiger partial charge in [0.05, 0.1) is 12.7 Å². The van der Waals surface area contributed by atoms with Crippen LogP contribution in [0.15, 0.2) is 42.5 Å². The van der Waals surface area contributed by atoms with Gasteiger partial charge in [-0.3, -0.25) is 0 Å². The Morgan fingerprint density at radius 2 is 1.83 bits per heavy atom. The molecule has 0 unspecified atom stereocenters. The van der Waals surface area contributed by atoms with E-state index in [-0.39, 0.29) is 18.9 Å². The van der Waals surface area contributed by atoms with Gasteiger partial charge in [-0.2, -0.15) is 0 Å². The molecule has 0 spiro atoms. The lowest BCUT2D eigenvalue weighted by Gasteiger charge is -2.13. The maximum absolute atomic E-state index is 10.2. The van der Waals surface area contributed by atoms with Crippen LogP contribution in [-0.4, -0.2) is 44.8 Å². The Hall–Kier alpha value is -2.70. The molecule has 1 atom stereocenters. The molecule has 6 nitrogen and oxygen atoms in total. The van der Waals surface area contributed by atoms with Crippen LogP contribution in [0.4, 0.5) is 5.82 Å². The zero-order chi connectivity index (χ0) is 17.1. The van der Waals surface area contributed by atoms with Crippen molar-refractivity contribution in [1.29, 1.82) is 0 Å². The first-order chi connectivity index (χ1) is 11.6. The SMILES string of the molecule is Cc1ccc(O)c(-c2nnc(NC[C@@H](O)CO)c3ccccc23)c1. The second-order valence-electron chi connectivity index (χ2n) is 5.68. The van der Waals surface area contributed by atoms with Gasteiger partial charge in [-0.1, -0.05) is 35.9 Å². The molecule has 3 aromatic rings. The summed E-state index contributed by atoms with van der Waals surface area (Å²) < 4.78 is 0. The predicted octanol–water partition coefficient (Wildman–Crippen LogP) is 2.08. The van der Waals surface area contributed by atoms with Crippen LogP contribution in [0.1, 0.15) is 5.56 Å². The number of aliphatic hydroxyl groups excluding tert-OH is 2. The number of phenolic OH excluding ortho intramolecular Hbond substituents is 1. The first-order valence-electron chi connectivity index (χ1n) is 7.68. The minimum absolute atomic E-state index is 0.150. The van der Waals surface area contributed by atoms with Crippen LogP contribution < -0.4 is 5.32 Å². The van der Waals surface area contributed by atoms with Crippen molar-refractivity contribution < 1.29 is 15.3 Å². The van der Waals surface area contributed by atoms with Gasteiger partial charge in [0.2, 0.25) is 0 Å². The fourth-order valence-electron chi connectivity index (χ4n) is 2.55. The Labute approximate surface area is 139 Å². The highest BCUT2D eigenvalue weighted by Gasteiger charge is 2.14. The second kappa shape index (κ2) is 6.82. The maximum atomic E-state index is 10.2. The number of aryl methyl sites for hydroxylation is 1. The first-order valence-corrected chi connectivity index (χ1v) is 7.68. The number of fused-ring (bicyclic) bond motifs is 1. The molecule has 4 N–H and O–H groups in total. The summed E-state index contributed by atoms with van der Waals surface area (Å²) in [5.74, 6) is 0.672. The van der Waals surface area contributed by atoms with Crippen LogP contribution in [0.3, 0.4) is 0 Å².